The van der Waals surface area contributed by atoms with Crippen molar-refractivity contribution in [1.82, 2.24) is 0 Å². The topological polar surface area (TPSA) is 0 Å². The van der Waals surface area contributed by atoms with Gasteiger partial charge in [-0.05, 0) is 117 Å². The molecule has 0 nitrogen and oxygen atoms in total. The minimum absolute atomic E-state index is 0.163. The molecule has 0 N–H and O–H groups in total. The summed E-state index contributed by atoms with van der Waals surface area (Å²) >= 11 is 0. The van der Waals surface area contributed by atoms with Gasteiger partial charge in [-0.15, -0.1) is 0 Å². The van der Waals surface area contributed by atoms with E-state index in [4.69, 9.17) is 0 Å². The lowest BCUT2D eigenvalue weighted by Gasteiger charge is -2.30. The van der Waals surface area contributed by atoms with E-state index in [0.29, 0.717) is 23.0 Å². The standard InChI is InChI=1S/C36H54F2/c1-3-5-7-9-27-11-13-29(14-12-27)15-16-30-19-23-32(24-20-30)34-26-25-33(35(37)36(34)38)31-21-17-28(18-22-31)10-8-6-4-2/h11,13,15-16,25-32H,3-10,12,14,17-24H2,1-2H3. The molecule has 0 aliphatic heterocycles. The number of unbranched alkanes of at least 4 members (excludes halogenated alkanes) is 4. The van der Waals surface area contributed by atoms with E-state index in [2.05, 4.69) is 38.2 Å². The summed E-state index contributed by atoms with van der Waals surface area (Å²) in [4.78, 5) is 0. The largest absolute Gasteiger partial charge is 0.203 e. The maximum absolute atomic E-state index is 15.3. The zero-order valence-corrected chi connectivity index (χ0v) is 24.4. The SMILES string of the molecule is CCCCCC1C=CC(C=CC2CCC(c3ccc(C4CCC(CCCCC)CC4)c(F)c3F)CC2)CC1. The van der Waals surface area contributed by atoms with Crippen LogP contribution in [0.2, 0.25) is 0 Å². The zero-order chi connectivity index (χ0) is 26.7. The minimum Gasteiger partial charge on any atom is -0.203 e. The van der Waals surface area contributed by atoms with Gasteiger partial charge in [0.05, 0.1) is 0 Å². The Hall–Kier alpha value is -1.44. The first-order chi connectivity index (χ1) is 18.6. The summed E-state index contributed by atoms with van der Waals surface area (Å²) in [5.41, 5.74) is 1.27. The van der Waals surface area contributed by atoms with Crippen molar-refractivity contribution in [2.75, 3.05) is 0 Å². The zero-order valence-electron chi connectivity index (χ0n) is 24.4. The lowest BCUT2D eigenvalue weighted by atomic mass is 9.75. The summed E-state index contributed by atoms with van der Waals surface area (Å²) in [7, 11) is 0. The number of benzene rings is 1. The molecule has 0 heterocycles. The van der Waals surface area contributed by atoms with E-state index in [9.17, 15) is 0 Å². The van der Waals surface area contributed by atoms with Crippen molar-refractivity contribution >= 4 is 0 Å². The van der Waals surface area contributed by atoms with E-state index < -0.39 is 11.6 Å². The van der Waals surface area contributed by atoms with Gasteiger partial charge in [0.1, 0.15) is 0 Å². The maximum Gasteiger partial charge on any atom is 0.162 e. The molecule has 0 spiro atoms. The van der Waals surface area contributed by atoms with Crippen LogP contribution in [-0.4, -0.2) is 0 Å². The summed E-state index contributed by atoms with van der Waals surface area (Å²) in [5, 5.41) is 0. The molecule has 1 aromatic rings. The Balaban J connectivity index is 1.24. The van der Waals surface area contributed by atoms with Crippen molar-refractivity contribution in [2.45, 2.75) is 141 Å². The average Bonchev–Trinajstić information content (AvgIpc) is 2.95. The highest BCUT2D eigenvalue weighted by Gasteiger charge is 2.29. The Morgan fingerprint density at radius 3 is 1.76 bits per heavy atom. The summed E-state index contributed by atoms with van der Waals surface area (Å²) < 4.78 is 30.6. The molecule has 4 rings (SSSR count). The third-order valence-electron chi connectivity index (χ3n) is 10.2. The first kappa shape index (κ1) is 29.5. The fraction of sp³-hybridized carbons (Fsp3) is 0.722. The lowest BCUT2D eigenvalue weighted by molar-refractivity contribution is 0.297. The normalized spacial score (nSPS) is 30.2. The van der Waals surface area contributed by atoms with Crippen LogP contribution in [0.1, 0.15) is 152 Å². The number of halogens is 2. The van der Waals surface area contributed by atoms with Crippen molar-refractivity contribution in [2.24, 2.45) is 23.7 Å². The molecule has 3 aliphatic rings. The van der Waals surface area contributed by atoms with Crippen LogP contribution in [0, 0.1) is 35.3 Å². The molecule has 3 aliphatic carbocycles. The average molecular weight is 525 g/mol. The molecule has 2 saturated carbocycles. The third-order valence-corrected chi connectivity index (χ3v) is 10.2. The molecule has 2 atom stereocenters. The molecule has 2 unspecified atom stereocenters. The summed E-state index contributed by atoms with van der Waals surface area (Å²) in [6.45, 7) is 4.52. The Morgan fingerprint density at radius 1 is 0.632 bits per heavy atom. The molecule has 0 aromatic heterocycles. The van der Waals surface area contributed by atoms with Crippen molar-refractivity contribution in [3.63, 3.8) is 0 Å². The Labute approximate surface area is 232 Å². The molecule has 1 aromatic carbocycles. The van der Waals surface area contributed by atoms with Gasteiger partial charge in [0.25, 0.3) is 0 Å². The van der Waals surface area contributed by atoms with Crippen LogP contribution in [0.5, 0.6) is 0 Å². The second-order valence-electron chi connectivity index (χ2n) is 13.0. The van der Waals surface area contributed by atoms with Gasteiger partial charge in [-0.3, -0.25) is 0 Å². The lowest BCUT2D eigenvalue weighted by Crippen LogP contribution is -2.17. The van der Waals surface area contributed by atoms with Crippen molar-refractivity contribution < 1.29 is 8.78 Å². The molecular formula is C36H54F2. The molecule has 0 radical (unpaired) electrons. The van der Waals surface area contributed by atoms with E-state index in [0.717, 1.165) is 50.4 Å². The molecule has 38 heavy (non-hydrogen) atoms. The Kier molecular flexibility index (Phi) is 12.0. The van der Waals surface area contributed by atoms with Gasteiger partial charge in [0.2, 0.25) is 0 Å². The second-order valence-corrected chi connectivity index (χ2v) is 13.0. The van der Waals surface area contributed by atoms with Gasteiger partial charge in [-0.2, -0.15) is 0 Å². The van der Waals surface area contributed by atoms with Gasteiger partial charge >= 0.3 is 0 Å². The van der Waals surface area contributed by atoms with E-state index in [1.54, 1.807) is 0 Å². The van der Waals surface area contributed by atoms with Gasteiger partial charge in [-0.1, -0.05) is 95.2 Å². The van der Waals surface area contributed by atoms with Gasteiger partial charge < -0.3 is 0 Å². The van der Waals surface area contributed by atoms with Crippen LogP contribution in [0.25, 0.3) is 0 Å². The number of hydrogen-bond donors (Lipinski definition) is 0. The van der Waals surface area contributed by atoms with Crippen LogP contribution in [0.15, 0.2) is 36.4 Å². The van der Waals surface area contributed by atoms with Gasteiger partial charge in [0.15, 0.2) is 11.6 Å². The Bertz CT molecular complexity index is 883. The van der Waals surface area contributed by atoms with Crippen molar-refractivity contribution in [3.8, 4) is 0 Å². The summed E-state index contributed by atoms with van der Waals surface area (Å²) in [6, 6.07) is 3.87. The second kappa shape index (κ2) is 15.4. The maximum atomic E-state index is 15.3. The predicted molar refractivity (Wildman–Crippen MR) is 159 cm³/mol. The smallest absolute Gasteiger partial charge is 0.162 e. The van der Waals surface area contributed by atoms with Crippen LogP contribution < -0.4 is 0 Å². The van der Waals surface area contributed by atoms with E-state index in [1.165, 1.54) is 77.0 Å². The minimum atomic E-state index is -0.549. The summed E-state index contributed by atoms with van der Waals surface area (Å²) in [5.74, 6) is 2.01. The molecule has 212 valence electrons. The molecule has 0 bridgehead atoms. The Morgan fingerprint density at radius 2 is 1.21 bits per heavy atom. The van der Waals surface area contributed by atoms with Crippen LogP contribution in [-0.2, 0) is 0 Å². The van der Waals surface area contributed by atoms with Crippen molar-refractivity contribution in [3.05, 3.63) is 59.2 Å². The molecule has 2 fully saturated rings. The highest BCUT2D eigenvalue weighted by molar-refractivity contribution is 5.32. The van der Waals surface area contributed by atoms with Crippen LogP contribution in [0.3, 0.4) is 0 Å². The highest BCUT2D eigenvalue weighted by atomic mass is 19.2. The number of allylic oxidation sites excluding steroid dienone is 4. The van der Waals surface area contributed by atoms with Crippen molar-refractivity contribution in [1.29, 1.82) is 0 Å². The first-order valence-corrected chi connectivity index (χ1v) is 16.4. The quantitative estimate of drug-likeness (QED) is 0.188. The third kappa shape index (κ3) is 8.28. The molecule has 2 heteroatoms. The molecule has 0 amide bonds. The number of hydrogen-bond acceptors (Lipinski definition) is 0. The van der Waals surface area contributed by atoms with Crippen LogP contribution in [0.4, 0.5) is 8.78 Å². The fourth-order valence-corrected chi connectivity index (χ4v) is 7.53. The highest BCUT2D eigenvalue weighted by Crippen LogP contribution is 2.42. The number of rotatable bonds is 12. The summed E-state index contributed by atoms with van der Waals surface area (Å²) in [6.07, 6.45) is 31.4. The molecule has 0 saturated heterocycles. The predicted octanol–water partition coefficient (Wildman–Crippen LogP) is 11.8. The molecular weight excluding hydrogens is 470 g/mol. The first-order valence-electron chi connectivity index (χ1n) is 16.4. The van der Waals surface area contributed by atoms with Crippen LogP contribution >= 0.6 is 0 Å². The van der Waals surface area contributed by atoms with E-state index in [1.807, 2.05) is 12.1 Å². The monoisotopic (exact) mass is 524 g/mol. The van der Waals surface area contributed by atoms with Gasteiger partial charge in [0, 0.05) is 0 Å². The van der Waals surface area contributed by atoms with Gasteiger partial charge in [-0.25, -0.2) is 8.78 Å². The van der Waals surface area contributed by atoms with E-state index >= 15 is 8.78 Å². The fourth-order valence-electron chi connectivity index (χ4n) is 7.53. The van der Waals surface area contributed by atoms with E-state index in [-0.39, 0.29) is 11.8 Å².